The van der Waals surface area contributed by atoms with E-state index in [1.165, 1.54) is 5.56 Å². The molecule has 0 radical (unpaired) electrons. The molecule has 0 heterocycles. The molecule has 0 saturated heterocycles. The van der Waals surface area contributed by atoms with Gasteiger partial charge in [-0.25, -0.2) is 0 Å². The van der Waals surface area contributed by atoms with Gasteiger partial charge in [-0.15, -0.1) is 24.0 Å². The predicted octanol–water partition coefficient (Wildman–Crippen LogP) is 4.53. The topological polar surface area (TPSA) is 69.4 Å². The Balaban J connectivity index is 0.00000392. The van der Waals surface area contributed by atoms with Gasteiger partial charge in [0.2, 0.25) is 0 Å². The lowest BCUT2D eigenvalue weighted by molar-refractivity contribution is 0.215. The number of ether oxygens (including phenoxy) is 1. The van der Waals surface area contributed by atoms with E-state index in [1.807, 2.05) is 24.3 Å². The standard InChI is InChI=1S/C22H28N4O.HI/c1-5-17(3)27-21-12-16(2)6-11-20(21)15-26-22(24-4)25-14-19-9-7-18(13-23)8-10-19;/h6-12,17H,5,14-15H2,1-4H3,(H2,24,25,26);1H. The van der Waals surface area contributed by atoms with Gasteiger partial charge in [0.1, 0.15) is 5.75 Å². The number of guanidine groups is 1. The summed E-state index contributed by atoms with van der Waals surface area (Å²) in [5.74, 6) is 1.63. The molecular weight excluding hydrogens is 463 g/mol. The molecular formula is C22H29IN4O. The second-order valence-electron chi connectivity index (χ2n) is 6.54. The molecule has 0 aromatic heterocycles. The van der Waals surface area contributed by atoms with Gasteiger partial charge in [-0.1, -0.05) is 31.2 Å². The van der Waals surface area contributed by atoms with E-state index < -0.39 is 0 Å². The molecule has 28 heavy (non-hydrogen) atoms. The van der Waals surface area contributed by atoms with Gasteiger partial charge >= 0.3 is 0 Å². The number of nitrogens with zero attached hydrogens (tertiary/aromatic N) is 2. The zero-order valence-corrected chi connectivity index (χ0v) is 19.3. The van der Waals surface area contributed by atoms with Crippen molar-refractivity contribution < 1.29 is 4.74 Å². The Morgan fingerprint density at radius 1 is 1.14 bits per heavy atom. The molecule has 0 fully saturated rings. The van der Waals surface area contributed by atoms with Gasteiger partial charge in [-0.3, -0.25) is 4.99 Å². The van der Waals surface area contributed by atoms with Crippen molar-refractivity contribution in [3.63, 3.8) is 0 Å². The largest absolute Gasteiger partial charge is 0.490 e. The highest BCUT2D eigenvalue weighted by Gasteiger charge is 2.09. The van der Waals surface area contributed by atoms with Gasteiger partial charge in [0.05, 0.1) is 17.7 Å². The van der Waals surface area contributed by atoms with E-state index in [-0.39, 0.29) is 30.1 Å². The van der Waals surface area contributed by atoms with Crippen molar-refractivity contribution >= 4 is 29.9 Å². The van der Waals surface area contributed by atoms with Crippen LogP contribution in [0, 0.1) is 18.3 Å². The third-order valence-corrected chi connectivity index (χ3v) is 4.34. The van der Waals surface area contributed by atoms with E-state index in [2.05, 4.69) is 60.7 Å². The number of aliphatic imine (C=N–C) groups is 1. The molecule has 0 bridgehead atoms. The number of benzene rings is 2. The lowest BCUT2D eigenvalue weighted by Crippen LogP contribution is -2.36. The second kappa shape index (κ2) is 12.2. The number of hydrogen-bond donors (Lipinski definition) is 2. The molecule has 2 aromatic carbocycles. The van der Waals surface area contributed by atoms with Crippen LogP contribution in [0.15, 0.2) is 47.5 Å². The normalized spacial score (nSPS) is 11.8. The minimum absolute atomic E-state index is 0. The first-order valence-electron chi connectivity index (χ1n) is 9.25. The predicted molar refractivity (Wildman–Crippen MR) is 125 cm³/mol. The van der Waals surface area contributed by atoms with Crippen LogP contribution in [-0.2, 0) is 13.1 Å². The zero-order chi connectivity index (χ0) is 19.6. The third kappa shape index (κ3) is 7.39. The van der Waals surface area contributed by atoms with E-state index in [0.29, 0.717) is 18.7 Å². The zero-order valence-electron chi connectivity index (χ0n) is 17.0. The lowest BCUT2D eigenvalue weighted by Gasteiger charge is -2.18. The van der Waals surface area contributed by atoms with Crippen LogP contribution in [0.25, 0.3) is 0 Å². The van der Waals surface area contributed by atoms with Crippen LogP contribution >= 0.6 is 24.0 Å². The summed E-state index contributed by atoms with van der Waals surface area (Å²) in [5.41, 5.74) is 4.03. The first-order chi connectivity index (χ1) is 13.0. The Morgan fingerprint density at radius 2 is 1.82 bits per heavy atom. The molecule has 0 saturated carbocycles. The number of nitriles is 1. The van der Waals surface area contributed by atoms with Crippen LogP contribution in [-0.4, -0.2) is 19.1 Å². The van der Waals surface area contributed by atoms with Gasteiger partial charge in [0.15, 0.2) is 5.96 Å². The minimum Gasteiger partial charge on any atom is -0.490 e. The van der Waals surface area contributed by atoms with Crippen LogP contribution in [0.1, 0.15) is 42.5 Å². The molecule has 1 unspecified atom stereocenters. The van der Waals surface area contributed by atoms with Gasteiger partial charge in [-0.2, -0.15) is 5.26 Å². The highest BCUT2D eigenvalue weighted by atomic mass is 127. The van der Waals surface area contributed by atoms with E-state index in [0.717, 1.165) is 29.3 Å². The van der Waals surface area contributed by atoms with Crippen LogP contribution in [0.5, 0.6) is 5.75 Å². The molecule has 0 amide bonds. The Morgan fingerprint density at radius 3 is 2.43 bits per heavy atom. The molecule has 2 N–H and O–H groups in total. The maximum atomic E-state index is 8.87. The fraction of sp³-hybridized carbons (Fsp3) is 0.364. The van der Waals surface area contributed by atoms with Gasteiger partial charge in [0, 0.05) is 25.7 Å². The van der Waals surface area contributed by atoms with E-state index >= 15 is 0 Å². The maximum Gasteiger partial charge on any atom is 0.191 e. The van der Waals surface area contributed by atoms with Crippen LogP contribution in [0.3, 0.4) is 0 Å². The average molecular weight is 492 g/mol. The monoisotopic (exact) mass is 492 g/mol. The number of hydrogen-bond acceptors (Lipinski definition) is 3. The molecule has 1 atom stereocenters. The van der Waals surface area contributed by atoms with Gasteiger partial charge < -0.3 is 15.4 Å². The summed E-state index contributed by atoms with van der Waals surface area (Å²) >= 11 is 0. The summed E-state index contributed by atoms with van der Waals surface area (Å²) in [7, 11) is 1.75. The van der Waals surface area contributed by atoms with E-state index in [1.54, 1.807) is 7.05 Å². The Hall–Kier alpha value is -2.27. The molecule has 0 aliphatic rings. The van der Waals surface area contributed by atoms with Crippen molar-refractivity contribution in [1.82, 2.24) is 10.6 Å². The summed E-state index contributed by atoms with van der Waals surface area (Å²) in [6.07, 6.45) is 1.15. The Kier molecular flexibility index (Phi) is 10.4. The summed E-state index contributed by atoms with van der Waals surface area (Å²) in [6, 6.07) is 15.9. The Labute approximate surface area is 185 Å². The Bertz CT molecular complexity index is 812. The molecule has 150 valence electrons. The first kappa shape index (κ1) is 23.8. The van der Waals surface area contributed by atoms with Crippen molar-refractivity contribution in [2.75, 3.05) is 7.05 Å². The van der Waals surface area contributed by atoms with Crippen molar-refractivity contribution in [2.45, 2.75) is 46.4 Å². The molecule has 2 rings (SSSR count). The van der Waals surface area contributed by atoms with Gasteiger partial charge in [-0.05, 0) is 49.6 Å². The van der Waals surface area contributed by atoms with E-state index in [9.17, 15) is 0 Å². The maximum absolute atomic E-state index is 8.87. The third-order valence-electron chi connectivity index (χ3n) is 4.34. The quantitative estimate of drug-likeness (QED) is 0.339. The highest BCUT2D eigenvalue weighted by Crippen LogP contribution is 2.22. The SMILES string of the molecule is CCC(C)Oc1cc(C)ccc1CNC(=NC)NCc1ccc(C#N)cc1.I. The fourth-order valence-corrected chi connectivity index (χ4v) is 2.50. The summed E-state index contributed by atoms with van der Waals surface area (Å²) in [5, 5.41) is 15.5. The molecule has 6 heteroatoms. The molecule has 5 nitrogen and oxygen atoms in total. The summed E-state index contributed by atoms with van der Waals surface area (Å²) in [6.45, 7) is 7.53. The highest BCUT2D eigenvalue weighted by molar-refractivity contribution is 14.0. The molecule has 0 aliphatic heterocycles. The smallest absolute Gasteiger partial charge is 0.191 e. The fourth-order valence-electron chi connectivity index (χ4n) is 2.50. The molecule has 2 aromatic rings. The number of rotatable bonds is 7. The van der Waals surface area contributed by atoms with Crippen LogP contribution in [0.4, 0.5) is 0 Å². The van der Waals surface area contributed by atoms with Crippen molar-refractivity contribution in [3.05, 3.63) is 64.7 Å². The van der Waals surface area contributed by atoms with Crippen molar-refractivity contribution in [2.24, 2.45) is 4.99 Å². The number of halogens is 1. The molecule has 0 spiro atoms. The van der Waals surface area contributed by atoms with Crippen molar-refractivity contribution in [3.8, 4) is 11.8 Å². The van der Waals surface area contributed by atoms with Crippen LogP contribution in [0.2, 0.25) is 0 Å². The van der Waals surface area contributed by atoms with Crippen LogP contribution < -0.4 is 15.4 Å². The van der Waals surface area contributed by atoms with Gasteiger partial charge in [0.25, 0.3) is 0 Å². The number of aryl methyl sites for hydroxylation is 1. The molecule has 0 aliphatic carbocycles. The van der Waals surface area contributed by atoms with Crippen molar-refractivity contribution in [1.29, 1.82) is 5.26 Å². The second-order valence-corrected chi connectivity index (χ2v) is 6.54. The average Bonchev–Trinajstić information content (AvgIpc) is 2.69. The van der Waals surface area contributed by atoms with E-state index in [4.69, 9.17) is 10.00 Å². The minimum atomic E-state index is 0. The summed E-state index contributed by atoms with van der Waals surface area (Å²) < 4.78 is 6.07. The first-order valence-corrected chi connectivity index (χ1v) is 9.25. The lowest BCUT2D eigenvalue weighted by atomic mass is 10.1. The number of nitrogens with one attached hydrogen (secondary N) is 2. The summed E-state index contributed by atoms with van der Waals surface area (Å²) in [4.78, 5) is 4.28.